The van der Waals surface area contributed by atoms with Gasteiger partial charge in [-0.3, -0.25) is 4.79 Å². The number of nitrogens with two attached hydrogens (primary N) is 1. The summed E-state index contributed by atoms with van der Waals surface area (Å²) in [5, 5.41) is 0. The van der Waals surface area contributed by atoms with Crippen molar-refractivity contribution in [3.05, 3.63) is 57.1 Å². The molecule has 1 unspecified atom stereocenters. The van der Waals surface area contributed by atoms with Gasteiger partial charge in [0.1, 0.15) is 11.3 Å². The maximum atomic E-state index is 12.5. The van der Waals surface area contributed by atoms with Gasteiger partial charge in [-0.2, -0.15) is 0 Å². The number of halogens is 1. The SMILES string of the molecule is COC(=O)C1=C(N)OC2=C(C(=O)CCC2)C1c1cccc(Br)c1. The molecule has 0 spiro atoms. The molecule has 23 heavy (non-hydrogen) atoms. The van der Waals surface area contributed by atoms with Gasteiger partial charge in [-0.15, -0.1) is 0 Å². The number of methoxy groups -OCH3 is 1. The fraction of sp³-hybridized carbons (Fsp3) is 0.294. The molecule has 0 fully saturated rings. The molecular formula is C17H16BrNO4. The van der Waals surface area contributed by atoms with Gasteiger partial charge in [0.15, 0.2) is 5.78 Å². The molecule has 1 aromatic carbocycles. The zero-order chi connectivity index (χ0) is 16.6. The minimum Gasteiger partial charge on any atom is -0.465 e. The Hall–Kier alpha value is -2.08. The van der Waals surface area contributed by atoms with Gasteiger partial charge in [-0.1, -0.05) is 28.1 Å². The van der Waals surface area contributed by atoms with Crippen LogP contribution in [-0.4, -0.2) is 18.9 Å². The average Bonchev–Trinajstić information content (AvgIpc) is 2.53. The average molecular weight is 378 g/mol. The second kappa shape index (κ2) is 6.20. The van der Waals surface area contributed by atoms with E-state index in [1.54, 1.807) is 0 Å². The summed E-state index contributed by atoms with van der Waals surface area (Å²) in [6.45, 7) is 0. The zero-order valence-electron chi connectivity index (χ0n) is 12.6. The number of esters is 1. The molecule has 3 rings (SSSR count). The van der Waals surface area contributed by atoms with E-state index in [1.807, 2.05) is 24.3 Å². The fourth-order valence-corrected chi connectivity index (χ4v) is 3.50. The van der Waals surface area contributed by atoms with Crippen molar-refractivity contribution in [3.63, 3.8) is 0 Å². The third-order valence-corrected chi connectivity index (χ3v) is 4.57. The summed E-state index contributed by atoms with van der Waals surface area (Å²) in [4.78, 5) is 24.7. The summed E-state index contributed by atoms with van der Waals surface area (Å²) in [5.41, 5.74) is 7.47. The maximum Gasteiger partial charge on any atom is 0.340 e. The Morgan fingerprint density at radius 2 is 2.17 bits per heavy atom. The number of carbonyl (C=O) groups excluding carboxylic acids is 2. The van der Waals surface area contributed by atoms with Crippen LogP contribution in [0.2, 0.25) is 0 Å². The molecular weight excluding hydrogens is 362 g/mol. The highest BCUT2D eigenvalue weighted by molar-refractivity contribution is 9.10. The molecule has 5 nitrogen and oxygen atoms in total. The predicted molar refractivity (Wildman–Crippen MR) is 87.1 cm³/mol. The number of carbonyl (C=O) groups is 2. The van der Waals surface area contributed by atoms with Crippen LogP contribution in [0.15, 0.2) is 51.5 Å². The fourth-order valence-electron chi connectivity index (χ4n) is 3.08. The maximum absolute atomic E-state index is 12.5. The molecule has 0 bridgehead atoms. The van der Waals surface area contributed by atoms with Gasteiger partial charge in [-0.25, -0.2) is 4.79 Å². The molecule has 1 aliphatic carbocycles. The third kappa shape index (κ3) is 2.79. The van der Waals surface area contributed by atoms with E-state index in [1.165, 1.54) is 7.11 Å². The number of rotatable bonds is 2. The molecule has 2 N–H and O–H groups in total. The molecule has 120 valence electrons. The number of Topliss-reactive ketones (excluding diaryl/α,β-unsaturated/α-hetero) is 1. The van der Waals surface area contributed by atoms with Crippen LogP contribution in [0.5, 0.6) is 0 Å². The van der Waals surface area contributed by atoms with Crippen LogP contribution in [0.4, 0.5) is 0 Å². The number of hydrogen-bond acceptors (Lipinski definition) is 5. The van der Waals surface area contributed by atoms with Crippen molar-refractivity contribution in [1.29, 1.82) is 0 Å². The summed E-state index contributed by atoms with van der Waals surface area (Å²) in [7, 11) is 1.28. The van der Waals surface area contributed by atoms with Gasteiger partial charge < -0.3 is 15.2 Å². The number of allylic oxidation sites excluding steroid dienone is 2. The molecule has 0 radical (unpaired) electrons. The topological polar surface area (TPSA) is 78.6 Å². The molecule has 1 atom stereocenters. The van der Waals surface area contributed by atoms with Crippen LogP contribution in [0, 0.1) is 0 Å². The highest BCUT2D eigenvalue weighted by Gasteiger charge is 2.40. The smallest absolute Gasteiger partial charge is 0.340 e. The molecule has 1 aromatic rings. The largest absolute Gasteiger partial charge is 0.465 e. The van der Waals surface area contributed by atoms with Crippen LogP contribution >= 0.6 is 15.9 Å². The molecule has 2 aliphatic rings. The third-order valence-electron chi connectivity index (χ3n) is 4.07. The van der Waals surface area contributed by atoms with Gasteiger partial charge in [-0.05, 0) is 24.1 Å². The number of ether oxygens (including phenoxy) is 2. The summed E-state index contributed by atoms with van der Waals surface area (Å²) >= 11 is 3.43. The first-order chi connectivity index (χ1) is 11.0. The summed E-state index contributed by atoms with van der Waals surface area (Å²) in [6.07, 6.45) is 1.81. The molecule has 0 saturated carbocycles. The van der Waals surface area contributed by atoms with E-state index in [0.29, 0.717) is 24.2 Å². The number of benzene rings is 1. The molecule has 1 aliphatic heterocycles. The lowest BCUT2D eigenvalue weighted by Gasteiger charge is -2.32. The lowest BCUT2D eigenvalue weighted by Crippen LogP contribution is -2.31. The van der Waals surface area contributed by atoms with E-state index in [4.69, 9.17) is 15.2 Å². The summed E-state index contributed by atoms with van der Waals surface area (Å²) in [5.74, 6) is -0.578. The first-order valence-corrected chi connectivity index (χ1v) is 8.09. The lowest BCUT2D eigenvalue weighted by molar-refractivity contribution is -0.136. The van der Waals surface area contributed by atoms with Crippen LogP contribution in [-0.2, 0) is 19.1 Å². The zero-order valence-corrected chi connectivity index (χ0v) is 14.2. The van der Waals surface area contributed by atoms with E-state index in [0.717, 1.165) is 16.5 Å². The standard InChI is InChI=1S/C17H16BrNO4/c1-22-17(21)15-13(9-4-2-5-10(18)8-9)14-11(20)6-3-7-12(14)23-16(15)19/h2,4-5,8,13H,3,6-7,19H2,1H3. The Labute approximate surface area is 142 Å². The summed E-state index contributed by atoms with van der Waals surface area (Å²) < 4.78 is 11.3. The molecule has 0 saturated heterocycles. The van der Waals surface area contributed by atoms with Crippen LogP contribution < -0.4 is 5.73 Å². The molecule has 0 amide bonds. The van der Waals surface area contributed by atoms with E-state index in [9.17, 15) is 9.59 Å². The Balaban J connectivity index is 2.20. The van der Waals surface area contributed by atoms with Crippen molar-refractivity contribution < 1.29 is 19.1 Å². The first kappa shape index (κ1) is 15.8. The van der Waals surface area contributed by atoms with Crippen molar-refractivity contribution in [1.82, 2.24) is 0 Å². The van der Waals surface area contributed by atoms with Crippen molar-refractivity contribution in [2.24, 2.45) is 5.73 Å². The second-order valence-electron chi connectivity index (χ2n) is 5.47. The van der Waals surface area contributed by atoms with E-state index >= 15 is 0 Å². The minimum absolute atomic E-state index is 0.00914. The monoisotopic (exact) mass is 377 g/mol. The van der Waals surface area contributed by atoms with E-state index in [2.05, 4.69) is 15.9 Å². The number of ketones is 1. The first-order valence-electron chi connectivity index (χ1n) is 7.30. The van der Waals surface area contributed by atoms with E-state index in [-0.39, 0.29) is 17.2 Å². The Bertz CT molecular complexity index is 751. The van der Waals surface area contributed by atoms with Crippen molar-refractivity contribution >= 4 is 27.7 Å². The summed E-state index contributed by atoms with van der Waals surface area (Å²) in [6, 6.07) is 7.47. The van der Waals surface area contributed by atoms with Gasteiger partial charge in [0.2, 0.25) is 5.88 Å². The highest BCUT2D eigenvalue weighted by Crippen LogP contribution is 2.44. The Morgan fingerprint density at radius 1 is 1.39 bits per heavy atom. The van der Waals surface area contributed by atoms with Crippen LogP contribution in [0.3, 0.4) is 0 Å². The van der Waals surface area contributed by atoms with Gasteiger partial charge in [0, 0.05) is 22.9 Å². The molecule has 1 heterocycles. The van der Waals surface area contributed by atoms with E-state index < -0.39 is 11.9 Å². The van der Waals surface area contributed by atoms with Crippen LogP contribution in [0.25, 0.3) is 0 Å². The molecule has 0 aromatic heterocycles. The number of hydrogen-bond donors (Lipinski definition) is 1. The van der Waals surface area contributed by atoms with Crippen molar-refractivity contribution in [3.8, 4) is 0 Å². The van der Waals surface area contributed by atoms with Crippen molar-refractivity contribution in [2.45, 2.75) is 25.2 Å². The van der Waals surface area contributed by atoms with Crippen molar-refractivity contribution in [2.75, 3.05) is 7.11 Å². The van der Waals surface area contributed by atoms with Gasteiger partial charge in [0.25, 0.3) is 0 Å². The lowest BCUT2D eigenvalue weighted by atomic mass is 9.77. The normalized spacial score (nSPS) is 21.0. The predicted octanol–water partition coefficient (Wildman–Crippen LogP) is 2.91. The Morgan fingerprint density at radius 3 is 2.87 bits per heavy atom. The van der Waals surface area contributed by atoms with Gasteiger partial charge >= 0.3 is 5.97 Å². The van der Waals surface area contributed by atoms with Crippen LogP contribution in [0.1, 0.15) is 30.7 Å². The highest BCUT2D eigenvalue weighted by atomic mass is 79.9. The minimum atomic E-state index is -0.586. The molecule has 6 heteroatoms. The quantitative estimate of drug-likeness (QED) is 0.801. The Kier molecular flexibility index (Phi) is 4.26. The second-order valence-corrected chi connectivity index (χ2v) is 6.39. The van der Waals surface area contributed by atoms with Gasteiger partial charge in [0.05, 0.1) is 13.0 Å².